The van der Waals surface area contributed by atoms with Gasteiger partial charge in [-0.2, -0.15) is 0 Å². The van der Waals surface area contributed by atoms with Crippen LogP contribution in [0, 0.1) is 0 Å². The molecule has 76 valence electrons. The van der Waals surface area contributed by atoms with Crippen LogP contribution in [-0.4, -0.2) is 19.1 Å². The second kappa shape index (κ2) is 4.09. The van der Waals surface area contributed by atoms with Gasteiger partial charge in [0.15, 0.2) is 0 Å². The monoisotopic (exact) mass is 274 g/mol. The van der Waals surface area contributed by atoms with Gasteiger partial charge < -0.3 is 10.6 Å². The second-order valence-electron chi connectivity index (χ2n) is 3.59. The van der Waals surface area contributed by atoms with Crippen LogP contribution in [0.4, 0.5) is 5.69 Å². The van der Waals surface area contributed by atoms with Crippen LogP contribution in [0.3, 0.4) is 0 Å². The van der Waals surface area contributed by atoms with Crippen LogP contribution in [0.1, 0.15) is 6.42 Å². The molecule has 0 spiro atoms. The van der Waals surface area contributed by atoms with Crippen LogP contribution in [0.25, 0.3) is 0 Å². The molecule has 1 heterocycles. The summed E-state index contributed by atoms with van der Waals surface area (Å²) in [5.41, 5.74) is 7.04. The van der Waals surface area contributed by atoms with Gasteiger partial charge in [-0.1, -0.05) is 11.6 Å². The molecule has 0 saturated carbocycles. The number of hydrogen-bond acceptors (Lipinski definition) is 2. The summed E-state index contributed by atoms with van der Waals surface area (Å²) in [5.74, 6) is 0. The molecule has 0 aliphatic carbocycles. The van der Waals surface area contributed by atoms with Crippen molar-refractivity contribution in [3.05, 3.63) is 27.7 Å². The van der Waals surface area contributed by atoms with Gasteiger partial charge in [-0.05, 0) is 40.5 Å². The Bertz CT molecular complexity index is 343. The van der Waals surface area contributed by atoms with E-state index in [1.165, 1.54) is 5.69 Å². The fourth-order valence-corrected chi connectivity index (χ4v) is 2.19. The summed E-state index contributed by atoms with van der Waals surface area (Å²) in [6, 6.07) is 6.29. The van der Waals surface area contributed by atoms with Crippen LogP contribution in [0.2, 0.25) is 5.02 Å². The summed E-state index contributed by atoms with van der Waals surface area (Å²) in [5, 5.41) is 0.747. The summed E-state index contributed by atoms with van der Waals surface area (Å²) in [7, 11) is 0. The van der Waals surface area contributed by atoms with E-state index in [0.717, 1.165) is 29.0 Å². The van der Waals surface area contributed by atoms with Crippen LogP contribution in [0.15, 0.2) is 22.7 Å². The Morgan fingerprint density at radius 3 is 2.86 bits per heavy atom. The van der Waals surface area contributed by atoms with Crippen molar-refractivity contribution in [2.75, 3.05) is 18.0 Å². The van der Waals surface area contributed by atoms with Gasteiger partial charge in [0, 0.05) is 29.3 Å². The third-order valence-corrected chi connectivity index (χ3v) is 3.71. The smallest absolute Gasteiger partial charge is 0.0549 e. The maximum Gasteiger partial charge on any atom is 0.0549 e. The zero-order chi connectivity index (χ0) is 10.1. The Morgan fingerprint density at radius 1 is 1.50 bits per heavy atom. The summed E-state index contributed by atoms with van der Waals surface area (Å²) in [6.07, 6.45) is 1.07. The van der Waals surface area contributed by atoms with Crippen molar-refractivity contribution in [2.24, 2.45) is 5.73 Å². The topological polar surface area (TPSA) is 29.3 Å². The number of rotatable bonds is 1. The highest BCUT2D eigenvalue weighted by Gasteiger charge is 2.19. The summed E-state index contributed by atoms with van der Waals surface area (Å²) < 4.78 is 0.942. The first-order valence-corrected chi connectivity index (χ1v) is 5.79. The maximum absolute atomic E-state index is 5.93. The highest BCUT2D eigenvalue weighted by Crippen LogP contribution is 2.29. The lowest BCUT2D eigenvalue weighted by molar-refractivity contribution is 0.752. The molecule has 1 aromatic rings. The van der Waals surface area contributed by atoms with Crippen molar-refractivity contribution in [1.29, 1.82) is 0 Å². The van der Waals surface area contributed by atoms with Gasteiger partial charge >= 0.3 is 0 Å². The fourth-order valence-electron chi connectivity index (χ4n) is 1.70. The predicted molar refractivity (Wildman–Crippen MR) is 64.0 cm³/mol. The number of anilines is 1. The molecular formula is C10H12BrClN2. The maximum atomic E-state index is 5.93. The molecule has 2 rings (SSSR count). The molecule has 1 aliphatic heterocycles. The Labute approximate surface area is 97.2 Å². The minimum atomic E-state index is 0.310. The van der Waals surface area contributed by atoms with Gasteiger partial charge in [0.25, 0.3) is 0 Å². The van der Waals surface area contributed by atoms with Crippen molar-refractivity contribution in [3.63, 3.8) is 0 Å². The Balaban J connectivity index is 2.20. The molecule has 4 heteroatoms. The average Bonchev–Trinajstić information content (AvgIpc) is 2.57. The first kappa shape index (κ1) is 10.3. The molecule has 14 heavy (non-hydrogen) atoms. The first-order chi connectivity index (χ1) is 6.66. The van der Waals surface area contributed by atoms with E-state index in [0.29, 0.717) is 6.04 Å². The van der Waals surface area contributed by atoms with E-state index < -0.39 is 0 Å². The normalized spacial score (nSPS) is 21.6. The number of halogens is 2. The van der Waals surface area contributed by atoms with Crippen molar-refractivity contribution >= 4 is 33.2 Å². The number of nitrogens with zero attached hydrogens (tertiary/aromatic N) is 1. The molecule has 0 amide bonds. The minimum absolute atomic E-state index is 0.310. The van der Waals surface area contributed by atoms with Crippen LogP contribution in [0.5, 0.6) is 0 Å². The van der Waals surface area contributed by atoms with Crippen molar-refractivity contribution in [2.45, 2.75) is 12.5 Å². The van der Waals surface area contributed by atoms with E-state index >= 15 is 0 Å². The zero-order valence-electron chi connectivity index (χ0n) is 7.71. The molecule has 2 nitrogen and oxygen atoms in total. The van der Waals surface area contributed by atoms with Gasteiger partial charge in [0.05, 0.1) is 5.02 Å². The van der Waals surface area contributed by atoms with Crippen molar-refractivity contribution in [3.8, 4) is 0 Å². The van der Waals surface area contributed by atoms with Crippen LogP contribution >= 0.6 is 27.5 Å². The van der Waals surface area contributed by atoms with Gasteiger partial charge in [-0.3, -0.25) is 0 Å². The Morgan fingerprint density at radius 2 is 2.29 bits per heavy atom. The average molecular weight is 276 g/mol. The molecule has 0 aromatic heterocycles. The quantitative estimate of drug-likeness (QED) is 0.854. The standard InChI is InChI=1S/C10H12BrClN2/c11-9-5-8(1-2-10(9)12)14-4-3-7(13)6-14/h1-2,5,7H,3-4,6,13H2. The molecule has 1 unspecified atom stereocenters. The third kappa shape index (κ3) is 2.05. The molecule has 1 atom stereocenters. The molecule has 0 bridgehead atoms. The number of nitrogens with two attached hydrogens (primary N) is 1. The SMILES string of the molecule is NC1CCN(c2ccc(Cl)c(Br)c2)C1. The van der Waals surface area contributed by atoms with E-state index in [-0.39, 0.29) is 0 Å². The van der Waals surface area contributed by atoms with E-state index in [1.54, 1.807) is 0 Å². The molecule has 1 fully saturated rings. The number of hydrogen-bond donors (Lipinski definition) is 1. The van der Waals surface area contributed by atoms with E-state index in [9.17, 15) is 0 Å². The lowest BCUT2D eigenvalue weighted by Gasteiger charge is -2.18. The minimum Gasteiger partial charge on any atom is -0.370 e. The van der Waals surface area contributed by atoms with Gasteiger partial charge in [0.2, 0.25) is 0 Å². The number of benzene rings is 1. The zero-order valence-corrected chi connectivity index (χ0v) is 10.1. The van der Waals surface area contributed by atoms with Gasteiger partial charge in [-0.15, -0.1) is 0 Å². The lowest BCUT2D eigenvalue weighted by atomic mass is 10.3. The predicted octanol–water partition coefficient (Wildman–Crippen LogP) is 2.64. The van der Waals surface area contributed by atoms with E-state index in [4.69, 9.17) is 17.3 Å². The highest BCUT2D eigenvalue weighted by atomic mass is 79.9. The Hall–Kier alpha value is -0.250. The van der Waals surface area contributed by atoms with Gasteiger partial charge in [-0.25, -0.2) is 0 Å². The highest BCUT2D eigenvalue weighted by molar-refractivity contribution is 9.10. The fraction of sp³-hybridized carbons (Fsp3) is 0.400. The van der Waals surface area contributed by atoms with E-state index in [2.05, 4.69) is 20.8 Å². The first-order valence-electron chi connectivity index (χ1n) is 4.62. The van der Waals surface area contributed by atoms with Crippen molar-refractivity contribution in [1.82, 2.24) is 0 Å². The molecular weight excluding hydrogens is 263 g/mol. The summed E-state index contributed by atoms with van der Waals surface area (Å²) in [4.78, 5) is 2.28. The molecule has 0 radical (unpaired) electrons. The third-order valence-electron chi connectivity index (χ3n) is 2.49. The molecule has 1 saturated heterocycles. The van der Waals surface area contributed by atoms with Gasteiger partial charge in [0.1, 0.15) is 0 Å². The van der Waals surface area contributed by atoms with Crippen LogP contribution < -0.4 is 10.6 Å². The van der Waals surface area contributed by atoms with Crippen molar-refractivity contribution < 1.29 is 0 Å². The second-order valence-corrected chi connectivity index (χ2v) is 4.85. The molecule has 1 aliphatic rings. The summed E-state index contributed by atoms with van der Waals surface area (Å²) in [6.45, 7) is 1.98. The Kier molecular flexibility index (Phi) is 3.00. The molecule has 2 N–H and O–H groups in total. The lowest BCUT2D eigenvalue weighted by Crippen LogP contribution is -2.26. The summed E-state index contributed by atoms with van der Waals surface area (Å²) >= 11 is 9.34. The molecule has 1 aromatic carbocycles. The van der Waals surface area contributed by atoms with Crippen LogP contribution in [-0.2, 0) is 0 Å². The van der Waals surface area contributed by atoms with E-state index in [1.807, 2.05) is 18.2 Å². The largest absolute Gasteiger partial charge is 0.370 e.